The van der Waals surface area contributed by atoms with E-state index < -0.39 is 0 Å². The largest absolute Gasteiger partial charge is 0.311 e. The molecule has 4 nitrogen and oxygen atoms in total. The number of nitrogens with two attached hydrogens (primary N) is 2. The van der Waals surface area contributed by atoms with Gasteiger partial charge in [-0.25, -0.2) is 5.43 Å². The maximum absolute atomic E-state index is 8.50. The van der Waals surface area contributed by atoms with E-state index in [4.69, 9.17) is 16.8 Å². The molecule has 0 aliphatic rings. The van der Waals surface area contributed by atoms with Crippen molar-refractivity contribution in [2.45, 2.75) is 6.17 Å². The molecule has 0 saturated carbocycles. The summed E-state index contributed by atoms with van der Waals surface area (Å²) in [5.74, 6) is 5.13. The van der Waals surface area contributed by atoms with Crippen LogP contribution in [0.4, 0.5) is 0 Å². The molecule has 0 spiro atoms. The number of nitriles is 1. The van der Waals surface area contributed by atoms with E-state index in [2.05, 4.69) is 5.43 Å². The fraction of sp³-hybridized carbons (Fsp3) is 0.125. The van der Waals surface area contributed by atoms with Crippen LogP contribution in [-0.4, -0.2) is 0 Å². The van der Waals surface area contributed by atoms with Crippen LogP contribution < -0.4 is 17.0 Å². The van der Waals surface area contributed by atoms with Crippen LogP contribution in [0.25, 0.3) is 0 Å². The zero-order valence-corrected chi connectivity index (χ0v) is 6.49. The summed E-state index contributed by atoms with van der Waals surface area (Å²) in [4.78, 5) is 0. The monoisotopic (exact) mass is 162 g/mol. The van der Waals surface area contributed by atoms with E-state index in [0.717, 1.165) is 5.56 Å². The smallest absolute Gasteiger partial charge is 0.0991 e. The van der Waals surface area contributed by atoms with Gasteiger partial charge < -0.3 is 5.73 Å². The standard InChI is InChI=1S/C8H10N4/c9-5-6-1-3-7(4-2-6)8(10)12-11/h1-4,8,12H,10-11H2. The molecule has 4 heteroatoms. The van der Waals surface area contributed by atoms with Gasteiger partial charge in [-0.05, 0) is 17.7 Å². The fourth-order valence-electron chi connectivity index (χ4n) is 0.861. The summed E-state index contributed by atoms with van der Waals surface area (Å²) in [7, 11) is 0. The summed E-state index contributed by atoms with van der Waals surface area (Å²) in [6, 6.07) is 8.95. The van der Waals surface area contributed by atoms with E-state index in [0.29, 0.717) is 5.56 Å². The molecule has 0 amide bonds. The summed E-state index contributed by atoms with van der Waals surface area (Å²) >= 11 is 0. The number of nitrogens with zero attached hydrogens (tertiary/aromatic N) is 1. The van der Waals surface area contributed by atoms with Gasteiger partial charge in [0, 0.05) is 0 Å². The van der Waals surface area contributed by atoms with Gasteiger partial charge in [-0.1, -0.05) is 12.1 Å². The lowest BCUT2D eigenvalue weighted by Gasteiger charge is -2.09. The lowest BCUT2D eigenvalue weighted by molar-refractivity contribution is 0.577. The van der Waals surface area contributed by atoms with Gasteiger partial charge in [0.15, 0.2) is 0 Å². The van der Waals surface area contributed by atoms with E-state index in [1.807, 2.05) is 6.07 Å². The topological polar surface area (TPSA) is 87.9 Å². The Bertz CT molecular complexity index is 285. The van der Waals surface area contributed by atoms with Gasteiger partial charge in [0.1, 0.15) is 0 Å². The first kappa shape index (κ1) is 8.68. The van der Waals surface area contributed by atoms with Crippen LogP contribution in [0, 0.1) is 11.3 Å². The normalized spacial score (nSPS) is 12.1. The fourth-order valence-corrected chi connectivity index (χ4v) is 0.861. The molecule has 0 heterocycles. The van der Waals surface area contributed by atoms with Gasteiger partial charge in [-0.15, -0.1) is 0 Å². The zero-order chi connectivity index (χ0) is 8.97. The number of benzene rings is 1. The van der Waals surface area contributed by atoms with Gasteiger partial charge in [-0.3, -0.25) is 5.84 Å². The first-order chi connectivity index (χ1) is 5.77. The van der Waals surface area contributed by atoms with Crippen LogP contribution in [0.15, 0.2) is 24.3 Å². The first-order valence-corrected chi connectivity index (χ1v) is 3.49. The van der Waals surface area contributed by atoms with Crippen molar-refractivity contribution < 1.29 is 0 Å². The Morgan fingerprint density at radius 2 is 1.92 bits per heavy atom. The molecule has 1 atom stereocenters. The van der Waals surface area contributed by atoms with Crippen molar-refractivity contribution in [3.63, 3.8) is 0 Å². The molecule has 1 unspecified atom stereocenters. The quantitative estimate of drug-likeness (QED) is 0.324. The van der Waals surface area contributed by atoms with Crippen molar-refractivity contribution in [3.8, 4) is 6.07 Å². The third-order valence-corrected chi connectivity index (χ3v) is 1.58. The molecule has 12 heavy (non-hydrogen) atoms. The van der Waals surface area contributed by atoms with E-state index in [-0.39, 0.29) is 6.17 Å². The number of hydrogen-bond donors (Lipinski definition) is 3. The minimum absolute atomic E-state index is 0.377. The van der Waals surface area contributed by atoms with E-state index >= 15 is 0 Å². The van der Waals surface area contributed by atoms with Crippen molar-refractivity contribution in [2.75, 3.05) is 0 Å². The van der Waals surface area contributed by atoms with Crippen LogP contribution >= 0.6 is 0 Å². The van der Waals surface area contributed by atoms with Gasteiger partial charge in [-0.2, -0.15) is 5.26 Å². The summed E-state index contributed by atoms with van der Waals surface area (Å²) in [6.07, 6.45) is -0.377. The van der Waals surface area contributed by atoms with Crippen molar-refractivity contribution in [3.05, 3.63) is 35.4 Å². The Morgan fingerprint density at radius 3 is 2.33 bits per heavy atom. The lowest BCUT2D eigenvalue weighted by Crippen LogP contribution is -2.33. The SMILES string of the molecule is N#Cc1ccc(C(N)NN)cc1. The van der Waals surface area contributed by atoms with Crippen molar-refractivity contribution in [1.82, 2.24) is 5.43 Å². The predicted octanol–water partition coefficient (Wildman–Crippen LogP) is -0.0211. The average molecular weight is 162 g/mol. The Kier molecular flexibility index (Phi) is 2.77. The number of rotatable bonds is 2. The summed E-state index contributed by atoms with van der Waals surface area (Å²) in [5, 5.41) is 8.50. The summed E-state index contributed by atoms with van der Waals surface area (Å²) < 4.78 is 0. The van der Waals surface area contributed by atoms with Crippen molar-refractivity contribution in [1.29, 1.82) is 5.26 Å². The Balaban J connectivity index is 2.86. The van der Waals surface area contributed by atoms with Gasteiger partial charge in [0.05, 0.1) is 17.8 Å². The van der Waals surface area contributed by atoms with Crippen LogP contribution in [-0.2, 0) is 0 Å². The molecule has 0 radical (unpaired) electrons. The Labute approximate surface area is 70.8 Å². The number of nitrogens with one attached hydrogen (secondary N) is 1. The second kappa shape index (κ2) is 3.83. The molecule has 0 fully saturated rings. The minimum Gasteiger partial charge on any atom is -0.311 e. The molecule has 1 aromatic carbocycles. The maximum atomic E-state index is 8.50. The summed E-state index contributed by atoms with van der Waals surface area (Å²) in [5.41, 5.74) is 9.45. The number of hydrazine groups is 1. The Hall–Kier alpha value is -1.41. The van der Waals surface area contributed by atoms with E-state index in [9.17, 15) is 0 Å². The second-order valence-electron chi connectivity index (χ2n) is 2.38. The van der Waals surface area contributed by atoms with Gasteiger partial charge in [0.2, 0.25) is 0 Å². The highest BCUT2D eigenvalue weighted by molar-refractivity contribution is 5.32. The second-order valence-corrected chi connectivity index (χ2v) is 2.38. The minimum atomic E-state index is -0.377. The average Bonchev–Trinajstić information content (AvgIpc) is 2.17. The molecular weight excluding hydrogens is 152 g/mol. The molecule has 1 rings (SSSR count). The number of hydrogen-bond acceptors (Lipinski definition) is 4. The third kappa shape index (κ3) is 1.80. The maximum Gasteiger partial charge on any atom is 0.0991 e. The lowest BCUT2D eigenvalue weighted by atomic mass is 10.1. The third-order valence-electron chi connectivity index (χ3n) is 1.58. The highest BCUT2D eigenvalue weighted by Crippen LogP contribution is 2.07. The molecule has 0 aromatic heterocycles. The molecule has 0 aliphatic carbocycles. The summed E-state index contributed by atoms with van der Waals surface area (Å²) in [6.45, 7) is 0. The predicted molar refractivity (Wildman–Crippen MR) is 45.4 cm³/mol. The molecule has 5 N–H and O–H groups in total. The molecular formula is C8H10N4. The Morgan fingerprint density at radius 1 is 1.33 bits per heavy atom. The van der Waals surface area contributed by atoms with Crippen LogP contribution in [0.3, 0.4) is 0 Å². The highest BCUT2D eigenvalue weighted by atomic mass is 15.3. The first-order valence-electron chi connectivity index (χ1n) is 3.49. The van der Waals surface area contributed by atoms with Gasteiger partial charge >= 0.3 is 0 Å². The van der Waals surface area contributed by atoms with E-state index in [1.54, 1.807) is 24.3 Å². The molecule has 0 saturated heterocycles. The molecule has 0 bridgehead atoms. The van der Waals surface area contributed by atoms with E-state index in [1.165, 1.54) is 0 Å². The molecule has 62 valence electrons. The highest BCUT2D eigenvalue weighted by Gasteiger charge is 2.01. The van der Waals surface area contributed by atoms with Crippen LogP contribution in [0.5, 0.6) is 0 Å². The van der Waals surface area contributed by atoms with Gasteiger partial charge in [0.25, 0.3) is 0 Å². The molecule has 1 aromatic rings. The van der Waals surface area contributed by atoms with Crippen molar-refractivity contribution in [2.24, 2.45) is 11.6 Å². The zero-order valence-electron chi connectivity index (χ0n) is 6.49. The molecule has 0 aliphatic heterocycles. The van der Waals surface area contributed by atoms with Crippen LogP contribution in [0.2, 0.25) is 0 Å². The van der Waals surface area contributed by atoms with Crippen molar-refractivity contribution >= 4 is 0 Å². The van der Waals surface area contributed by atoms with Crippen LogP contribution in [0.1, 0.15) is 17.3 Å².